The van der Waals surface area contributed by atoms with E-state index in [-0.39, 0.29) is 37.6 Å². The average Bonchev–Trinajstić information content (AvgIpc) is 3.14. The van der Waals surface area contributed by atoms with Gasteiger partial charge in [0.15, 0.2) is 0 Å². The molecule has 4 rings (SSSR count). The molecular weight excluding hydrogens is 412 g/mol. The van der Waals surface area contributed by atoms with E-state index in [1.54, 1.807) is 24.4 Å². The molecule has 1 saturated carbocycles. The van der Waals surface area contributed by atoms with Gasteiger partial charge < -0.3 is 16.0 Å². The number of pyridine rings is 1. The molecule has 1 saturated heterocycles. The van der Waals surface area contributed by atoms with Crippen LogP contribution in [0, 0.1) is 11.3 Å². The number of alkyl halides is 2. The summed E-state index contributed by atoms with van der Waals surface area (Å²) in [6, 6.07) is 9.01. The van der Waals surface area contributed by atoms with Crippen LogP contribution < -0.4 is 16.0 Å². The van der Waals surface area contributed by atoms with E-state index in [2.05, 4.69) is 21.3 Å². The van der Waals surface area contributed by atoms with Crippen LogP contribution in [0.5, 0.6) is 0 Å². The number of hydrogen-bond acceptors (Lipinski definition) is 5. The molecule has 0 spiro atoms. The maximum absolute atomic E-state index is 13.5. The van der Waals surface area contributed by atoms with Gasteiger partial charge in [0, 0.05) is 55.5 Å². The number of aromatic nitrogens is 1. The molecular formula is C24H27F2N5O. The Balaban J connectivity index is 1.70. The van der Waals surface area contributed by atoms with Crippen molar-refractivity contribution >= 4 is 11.6 Å². The first-order valence-corrected chi connectivity index (χ1v) is 10.9. The zero-order valence-corrected chi connectivity index (χ0v) is 18.1. The fraction of sp³-hybridized carbons (Fsp3) is 0.458. The molecule has 32 heavy (non-hydrogen) atoms. The van der Waals surface area contributed by atoms with Gasteiger partial charge in [-0.3, -0.25) is 9.78 Å². The Hall–Kier alpha value is -3.05. The number of hydrogen-bond donors (Lipinski definition) is 2. The summed E-state index contributed by atoms with van der Waals surface area (Å²) in [4.78, 5) is 19.7. The predicted molar refractivity (Wildman–Crippen MR) is 118 cm³/mol. The van der Waals surface area contributed by atoms with Gasteiger partial charge in [-0.15, -0.1) is 0 Å². The Labute approximate surface area is 186 Å². The van der Waals surface area contributed by atoms with Crippen LogP contribution in [0.15, 0.2) is 36.7 Å². The molecule has 1 atom stereocenters. The molecule has 3 N–H and O–H groups in total. The molecule has 2 fully saturated rings. The predicted octanol–water partition coefficient (Wildman–Crippen LogP) is 3.86. The summed E-state index contributed by atoms with van der Waals surface area (Å²) in [5, 5.41) is 12.2. The van der Waals surface area contributed by atoms with Gasteiger partial charge >= 0.3 is 0 Å². The van der Waals surface area contributed by atoms with Gasteiger partial charge in [0.25, 0.3) is 5.91 Å². The van der Waals surface area contributed by atoms with E-state index >= 15 is 0 Å². The third-order valence-electron chi connectivity index (χ3n) is 6.34. The van der Waals surface area contributed by atoms with Crippen LogP contribution in [-0.4, -0.2) is 41.5 Å². The molecule has 1 aliphatic carbocycles. The normalized spacial score (nSPS) is 23.0. The number of carbonyl (C=O) groups is 1. The average molecular weight is 440 g/mol. The van der Waals surface area contributed by atoms with Crippen LogP contribution in [-0.2, 0) is 0 Å². The molecule has 8 heteroatoms. The largest absolute Gasteiger partial charge is 0.368 e. The van der Waals surface area contributed by atoms with E-state index in [4.69, 9.17) is 5.73 Å². The van der Waals surface area contributed by atoms with E-state index in [1.807, 2.05) is 13.0 Å². The SMILES string of the molecule is C[C@]1(N)CCN(c2c(C(=O)NC3CCC(F)(F)CC3)cncc2-c2cccc(C#N)c2)C1. The zero-order valence-electron chi connectivity index (χ0n) is 18.1. The van der Waals surface area contributed by atoms with Gasteiger partial charge in [-0.1, -0.05) is 12.1 Å². The summed E-state index contributed by atoms with van der Waals surface area (Å²) in [6.07, 6.45) is 4.03. The molecule has 0 radical (unpaired) electrons. The van der Waals surface area contributed by atoms with E-state index in [0.717, 1.165) is 17.5 Å². The molecule has 0 bridgehead atoms. The molecule has 2 aromatic rings. The summed E-state index contributed by atoms with van der Waals surface area (Å²) in [5.74, 6) is -2.98. The van der Waals surface area contributed by atoms with Crippen molar-refractivity contribution < 1.29 is 13.6 Å². The Morgan fingerprint density at radius 1 is 1.28 bits per heavy atom. The fourth-order valence-electron chi connectivity index (χ4n) is 4.55. The van der Waals surface area contributed by atoms with Crippen LogP contribution in [0.3, 0.4) is 0 Å². The Bertz CT molecular complexity index is 1050. The number of nitrogens with one attached hydrogen (secondary N) is 1. The number of nitriles is 1. The molecule has 1 amide bonds. The molecule has 1 aromatic heterocycles. The second-order valence-electron chi connectivity index (χ2n) is 9.21. The topological polar surface area (TPSA) is 95.0 Å². The molecule has 0 unspecified atom stereocenters. The molecule has 1 aromatic carbocycles. The van der Waals surface area contributed by atoms with Crippen molar-refractivity contribution in [3.05, 3.63) is 47.8 Å². The lowest BCUT2D eigenvalue weighted by atomic mass is 9.92. The Kier molecular flexibility index (Phi) is 5.87. The second-order valence-corrected chi connectivity index (χ2v) is 9.21. The minimum Gasteiger partial charge on any atom is -0.368 e. The zero-order chi connectivity index (χ0) is 22.9. The van der Waals surface area contributed by atoms with Gasteiger partial charge in [0.05, 0.1) is 22.9 Å². The van der Waals surface area contributed by atoms with Crippen molar-refractivity contribution in [2.45, 2.75) is 56.5 Å². The fourth-order valence-corrected chi connectivity index (χ4v) is 4.55. The lowest BCUT2D eigenvalue weighted by Gasteiger charge is -2.30. The molecule has 2 aliphatic rings. The second kappa shape index (κ2) is 8.47. The van der Waals surface area contributed by atoms with Crippen LogP contribution in [0.25, 0.3) is 11.1 Å². The van der Waals surface area contributed by atoms with Crippen LogP contribution in [0.1, 0.15) is 54.9 Å². The summed E-state index contributed by atoms with van der Waals surface area (Å²) in [7, 11) is 0. The smallest absolute Gasteiger partial charge is 0.255 e. The lowest BCUT2D eigenvalue weighted by molar-refractivity contribution is -0.0399. The first-order valence-electron chi connectivity index (χ1n) is 10.9. The van der Waals surface area contributed by atoms with E-state index in [0.29, 0.717) is 29.9 Å². The number of anilines is 1. The highest BCUT2D eigenvalue weighted by molar-refractivity contribution is 6.03. The summed E-state index contributed by atoms with van der Waals surface area (Å²) in [5.41, 5.74) is 9.11. The van der Waals surface area contributed by atoms with Crippen molar-refractivity contribution in [1.82, 2.24) is 10.3 Å². The highest BCUT2D eigenvalue weighted by Crippen LogP contribution is 2.38. The number of amides is 1. The maximum Gasteiger partial charge on any atom is 0.255 e. The van der Waals surface area contributed by atoms with Gasteiger partial charge in [-0.05, 0) is 43.9 Å². The highest BCUT2D eigenvalue weighted by atomic mass is 19.3. The third kappa shape index (κ3) is 4.73. The molecule has 1 aliphatic heterocycles. The number of rotatable bonds is 4. The van der Waals surface area contributed by atoms with Gasteiger partial charge in [0.2, 0.25) is 5.92 Å². The van der Waals surface area contributed by atoms with Gasteiger partial charge in [0.1, 0.15) is 0 Å². The minimum atomic E-state index is -2.65. The quantitative estimate of drug-likeness (QED) is 0.754. The molecule has 168 valence electrons. The van der Waals surface area contributed by atoms with Crippen LogP contribution in [0.4, 0.5) is 14.5 Å². The van der Waals surface area contributed by atoms with Crippen molar-refractivity contribution in [2.24, 2.45) is 5.73 Å². The van der Waals surface area contributed by atoms with Crippen molar-refractivity contribution in [3.8, 4) is 17.2 Å². The van der Waals surface area contributed by atoms with Crippen molar-refractivity contribution in [3.63, 3.8) is 0 Å². The number of nitrogens with two attached hydrogens (primary N) is 1. The van der Waals surface area contributed by atoms with E-state index < -0.39 is 11.5 Å². The third-order valence-corrected chi connectivity index (χ3v) is 6.34. The highest BCUT2D eigenvalue weighted by Gasteiger charge is 2.37. The summed E-state index contributed by atoms with van der Waals surface area (Å²) >= 11 is 0. The number of halogens is 2. The summed E-state index contributed by atoms with van der Waals surface area (Å²) < 4.78 is 27.0. The number of nitrogens with zero attached hydrogens (tertiary/aromatic N) is 3. The van der Waals surface area contributed by atoms with E-state index in [9.17, 15) is 18.8 Å². The number of benzene rings is 1. The lowest BCUT2D eigenvalue weighted by Crippen LogP contribution is -2.42. The maximum atomic E-state index is 13.5. The summed E-state index contributed by atoms with van der Waals surface area (Å²) in [6.45, 7) is 3.22. The molecule has 2 heterocycles. The first-order chi connectivity index (χ1) is 15.2. The van der Waals surface area contributed by atoms with Crippen molar-refractivity contribution in [2.75, 3.05) is 18.0 Å². The first kappa shape index (κ1) is 22.2. The van der Waals surface area contributed by atoms with Crippen LogP contribution >= 0.6 is 0 Å². The molecule has 6 nitrogen and oxygen atoms in total. The Morgan fingerprint density at radius 3 is 2.69 bits per heavy atom. The van der Waals surface area contributed by atoms with Gasteiger partial charge in [-0.25, -0.2) is 8.78 Å². The van der Waals surface area contributed by atoms with E-state index in [1.165, 1.54) is 6.20 Å². The van der Waals surface area contributed by atoms with Crippen molar-refractivity contribution in [1.29, 1.82) is 5.26 Å². The monoisotopic (exact) mass is 439 g/mol. The number of carbonyl (C=O) groups excluding carboxylic acids is 1. The standard InChI is InChI=1S/C24H27F2N5O/c1-23(28)9-10-31(15-23)21-19(17-4-2-3-16(11-17)12-27)13-29-14-20(21)22(32)30-18-5-7-24(25,26)8-6-18/h2-4,11,13-14,18H,5-10,15,28H2,1H3,(H,30,32)/t23-/m0/s1. The Morgan fingerprint density at radius 2 is 2.03 bits per heavy atom. The minimum absolute atomic E-state index is 0.221. The van der Waals surface area contributed by atoms with Crippen LogP contribution in [0.2, 0.25) is 0 Å². The van der Waals surface area contributed by atoms with Gasteiger partial charge in [-0.2, -0.15) is 5.26 Å².